The molecule has 1 N–H and O–H groups in total. The highest BCUT2D eigenvalue weighted by atomic mass is 32.1. The van der Waals surface area contributed by atoms with Crippen LogP contribution in [0.15, 0.2) is 20.7 Å². The highest BCUT2D eigenvalue weighted by molar-refractivity contribution is 7.09. The lowest BCUT2D eigenvalue weighted by atomic mass is 9.95. The first-order valence-corrected chi connectivity index (χ1v) is 10.3. The quantitative estimate of drug-likeness (QED) is 0.849. The molecule has 0 spiro atoms. The molecular weight excluding hydrogens is 362 g/mol. The van der Waals surface area contributed by atoms with Gasteiger partial charge in [-0.25, -0.2) is 9.78 Å². The Bertz CT molecular complexity index is 866. The number of hydrogen-bond donors (Lipinski definition) is 1. The van der Waals surface area contributed by atoms with Crippen LogP contribution in [0.3, 0.4) is 0 Å². The van der Waals surface area contributed by atoms with Crippen molar-refractivity contribution in [3.8, 4) is 0 Å². The number of nitrogens with one attached hydrogen (secondary N) is 1. The zero-order valence-electron chi connectivity index (χ0n) is 16.4. The van der Waals surface area contributed by atoms with Crippen LogP contribution in [0.5, 0.6) is 0 Å². The minimum atomic E-state index is -0.548. The fraction of sp³-hybridized carbons (Fsp3) is 0.550. The molecule has 1 saturated heterocycles. The number of piperidine rings is 1. The summed E-state index contributed by atoms with van der Waals surface area (Å²) in [5.74, 6) is 0.899. The van der Waals surface area contributed by atoms with Gasteiger partial charge in [0.25, 0.3) is 5.91 Å². The molecule has 2 aromatic heterocycles. The van der Waals surface area contributed by atoms with Crippen LogP contribution in [-0.4, -0.2) is 35.9 Å². The molecule has 0 saturated carbocycles. The molecule has 0 radical (unpaired) electrons. The second-order valence-electron chi connectivity index (χ2n) is 7.53. The van der Waals surface area contributed by atoms with Crippen LogP contribution in [0.1, 0.15) is 70.9 Å². The van der Waals surface area contributed by atoms with Crippen molar-refractivity contribution < 1.29 is 9.21 Å². The van der Waals surface area contributed by atoms with E-state index in [-0.39, 0.29) is 17.4 Å². The van der Waals surface area contributed by atoms with Gasteiger partial charge < -0.3 is 14.6 Å². The number of carbonyl (C=O) groups excluding carboxylic acids is 1. The highest BCUT2D eigenvalue weighted by Crippen LogP contribution is 2.24. The van der Waals surface area contributed by atoms with Crippen molar-refractivity contribution in [2.75, 3.05) is 20.1 Å². The van der Waals surface area contributed by atoms with E-state index in [1.54, 1.807) is 25.3 Å². The summed E-state index contributed by atoms with van der Waals surface area (Å²) in [6.45, 7) is 8.16. The molecule has 2 aromatic rings. The van der Waals surface area contributed by atoms with Crippen molar-refractivity contribution in [2.24, 2.45) is 0 Å². The monoisotopic (exact) mass is 389 g/mol. The predicted molar refractivity (Wildman–Crippen MR) is 107 cm³/mol. The molecule has 3 heterocycles. The van der Waals surface area contributed by atoms with Crippen LogP contribution in [-0.2, 0) is 6.54 Å². The maximum Gasteiger partial charge on any atom is 0.349 e. The Morgan fingerprint density at radius 3 is 2.85 bits per heavy atom. The van der Waals surface area contributed by atoms with Gasteiger partial charge in [-0.1, -0.05) is 13.8 Å². The Hall–Kier alpha value is -1.99. The molecule has 27 heavy (non-hydrogen) atoms. The molecule has 3 rings (SSSR count). The number of rotatable bonds is 5. The Morgan fingerprint density at radius 1 is 1.48 bits per heavy atom. The molecule has 1 aliphatic rings. The largest absolute Gasteiger partial charge is 0.427 e. The third kappa shape index (κ3) is 4.47. The Balaban J connectivity index is 1.77. The lowest BCUT2D eigenvalue weighted by molar-refractivity contribution is 0.0777. The maximum atomic E-state index is 12.8. The van der Waals surface area contributed by atoms with Gasteiger partial charge in [0.15, 0.2) is 0 Å². The van der Waals surface area contributed by atoms with Crippen LogP contribution < -0.4 is 10.9 Å². The molecule has 1 unspecified atom stereocenters. The van der Waals surface area contributed by atoms with Crippen molar-refractivity contribution in [3.05, 3.63) is 49.5 Å². The van der Waals surface area contributed by atoms with E-state index in [0.29, 0.717) is 23.8 Å². The van der Waals surface area contributed by atoms with Gasteiger partial charge in [-0.15, -0.1) is 11.3 Å². The first kappa shape index (κ1) is 19.8. The summed E-state index contributed by atoms with van der Waals surface area (Å²) in [6, 6.07) is 1.85. The summed E-state index contributed by atoms with van der Waals surface area (Å²) in [4.78, 5) is 31.5. The lowest BCUT2D eigenvalue weighted by Gasteiger charge is -2.22. The minimum Gasteiger partial charge on any atom is -0.427 e. The van der Waals surface area contributed by atoms with E-state index >= 15 is 0 Å². The molecule has 6 nitrogen and oxygen atoms in total. The predicted octanol–water partition coefficient (Wildman–Crippen LogP) is 3.27. The van der Waals surface area contributed by atoms with Crippen molar-refractivity contribution in [1.29, 1.82) is 0 Å². The number of carbonyl (C=O) groups is 1. The summed E-state index contributed by atoms with van der Waals surface area (Å²) in [5.41, 5.74) is 1.08. The summed E-state index contributed by atoms with van der Waals surface area (Å²) in [7, 11) is 1.69. The normalized spacial score (nSPS) is 17.3. The van der Waals surface area contributed by atoms with E-state index in [9.17, 15) is 9.59 Å². The fourth-order valence-corrected chi connectivity index (χ4v) is 4.18. The summed E-state index contributed by atoms with van der Waals surface area (Å²) in [5, 5.41) is 6.34. The zero-order chi connectivity index (χ0) is 19.6. The Morgan fingerprint density at radius 2 is 2.26 bits per heavy atom. The summed E-state index contributed by atoms with van der Waals surface area (Å²) < 4.78 is 5.53. The molecule has 1 aliphatic heterocycles. The van der Waals surface area contributed by atoms with Crippen LogP contribution in [0.25, 0.3) is 0 Å². The van der Waals surface area contributed by atoms with Gasteiger partial charge >= 0.3 is 5.63 Å². The molecule has 0 aliphatic carbocycles. The number of thiazole rings is 1. The third-order valence-electron chi connectivity index (χ3n) is 4.89. The SMILES string of the molecule is Cc1cc(C2CCCNC2)oc(=O)c1C(=O)N(C)Cc1csc(C(C)C)n1. The van der Waals surface area contributed by atoms with Crippen molar-refractivity contribution in [1.82, 2.24) is 15.2 Å². The molecule has 0 aromatic carbocycles. The first-order chi connectivity index (χ1) is 12.9. The smallest absolute Gasteiger partial charge is 0.349 e. The van der Waals surface area contributed by atoms with Gasteiger partial charge in [0.05, 0.1) is 17.2 Å². The Kier molecular flexibility index (Phi) is 6.11. The van der Waals surface area contributed by atoms with Gasteiger partial charge in [-0.05, 0) is 37.9 Å². The average molecular weight is 390 g/mol. The van der Waals surface area contributed by atoms with E-state index in [2.05, 4.69) is 24.1 Å². The van der Waals surface area contributed by atoms with Gasteiger partial charge in [0, 0.05) is 30.8 Å². The van der Waals surface area contributed by atoms with E-state index in [4.69, 9.17) is 4.42 Å². The van der Waals surface area contributed by atoms with Crippen LogP contribution in [0.2, 0.25) is 0 Å². The van der Waals surface area contributed by atoms with Crippen LogP contribution >= 0.6 is 11.3 Å². The molecule has 1 fully saturated rings. The second kappa shape index (κ2) is 8.35. The number of hydrogen-bond acceptors (Lipinski definition) is 6. The standard InChI is InChI=1S/C20H27N3O3S/c1-12(2)18-22-15(11-27-18)10-23(4)19(24)17-13(3)8-16(26-20(17)25)14-6-5-7-21-9-14/h8,11-12,14,21H,5-7,9-10H2,1-4H3. The zero-order valence-corrected chi connectivity index (χ0v) is 17.2. The maximum absolute atomic E-state index is 12.8. The average Bonchev–Trinajstić information content (AvgIpc) is 3.10. The second-order valence-corrected chi connectivity index (χ2v) is 8.42. The van der Waals surface area contributed by atoms with E-state index in [0.717, 1.165) is 36.6 Å². The summed E-state index contributed by atoms with van der Waals surface area (Å²) in [6.07, 6.45) is 2.05. The number of nitrogens with zero attached hydrogens (tertiary/aromatic N) is 2. The van der Waals surface area contributed by atoms with Crippen LogP contribution in [0.4, 0.5) is 0 Å². The lowest BCUT2D eigenvalue weighted by Crippen LogP contribution is -2.33. The van der Waals surface area contributed by atoms with Crippen LogP contribution in [0, 0.1) is 6.92 Å². The molecular formula is C20H27N3O3S. The minimum absolute atomic E-state index is 0.115. The third-order valence-corrected chi connectivity index (χ3v) is 6.08. The molecule has 0 bridgehead atoms. The van der Waals surface area contributed by atoms with E-state index in [1.807, 2.05) is 11.4 Å². The first-order valence-electron chi connectivity index (χ1n) is 9.42. The Labute approximate surface area is 163 Å². The van der Waals surface area contributed by atoms with E-state index < -0.39 is 5.63 Å². The van der Waals surface area contributed by atoms with Gasteiger partial charge in [0.1, 0.15) is 11.3 Å². The molecule has 7 heteroatoms. The van der Waals surface area contributed by atoms with E-state index in [1.165, 1.54) is 4.90 Å². The molecule has 146 valence electrons. The molecule has 1 amide bonds. The van der Waals surface area contributed by atoms with Crippen molar-refractivity contribution in [2.45, 2.75) is 52.0 Å². The topological polar surface area (TPSA) is 75.4 Å². The molecule has 1 atom stereocenters. The highest BCUT2D eigenvalue weighted by Gasteiger charge is 2.24. The summed E-state index contributed by atoms with van der Waals surface area (Å²) >= 11 is 1.60. The number of amides is 1. The van der Waals surface area contributed by atoms with Gasteiger partial charge in [-0.2, -0.15) is 0 Å². The van der Waals surface area contributed by atoms with Gasteiger partial charge in [0.2, 0.25) is 0 Å². The number of aryl methyl sites for hydroxylation is 1. The van der Waals surface area contributed by atoms with Crippen molar-refractivity contribution >= 4 is 17.2 Å². The number of aromatic nitrogens is 1. The fourth-order valence-electron chi connectivity index (χ4n) is 3.35. The van der Waals surface area contributed by atoms with Gasteiger partial charge in [-0.3, -0.25) is 4.79 Å². The van der Waals surface area contributed by atoms with Crippen molar-refractivity contribution in [3.63, 3.8) is 0 Å².